The first-order chi connectivity index (χ1) is 22.0. The molecule has 0 unspecified atom stereocenters. The monoisotopic (exact) mass is 721 g/mol. The van der Waals surface area contributed by atoms with Crippen LogP contribution in [0.5, 0.6) is 11.5 Å². The molecule has 2 aromatic heterocycles. The quantitative estimate of drug-likeness (QED) is 0.146. The predicted molar refractivity (Wildman–Crippen MR) is 185 cm³/mol. The summed E-state index contributed by atoms with van der Waals surface area (Å²) < 4.78 is 21.3. The molecular formula is C36H25Br2N3O4. The summed E-state index contributed by atoms with van der Waals surface area (Å²) in [6.45, 7) is 2.72. The van der Waals surface area contributed by atoms with E-state index in [1.54, 1.807) is 24.4 Å². The highest BCUT2D eigenvalue weighted by atomic mass is 79.9. The number of hydrogen-bond donors (Lipinski definition) is 0. The first-order valence-electron chi connectivity index (χ1n) is 14.3. The van der Waals surface area contributed by atoms with Gasteiger partial charge in [0.05, 0.1) is 28.2 Å². The Morgan fingerprint density at radius 2 is 1.67 bits per heavy atom. The molecule has 0 spiro atoms. The summed E-state index contributed by atoms with van der Waals surface area (Å²) in [6.07, 6.45) is 1.60. The predicted octanol–water partition coefficient (Wildman–Crippen LogP) is 9.35. The molecule has 0 saturated carbocycles. The zero-order chi connectivity index (χ0) is 30.9. The van der Waals surface area contributed by atoms with Gasteiger partial charge in [-0.25, -0.2) is 4.98 Å². The number of nitrogens with zero attached hydrogens (tertiary/aromatic N) is 3. The lowest BCUT2D eigenvalue weighted by atomic mass is 10.1. The van der Waals surface area contributed by atoms with E-state index in [0.29, 0.717) is 62.8 Å². The molecule has 0 bridgehead atoms. The lowest BCUT2D eigenvalue weighted by molar-refractivity contribution is 0.268. The molecule has 0 aliphatic heterocycles. The standard InChI is InChI=1S/C36H25Br2N3O4/c1-2-43-32-17-22(16-29(38)34(32)44-21-24-10-7-9-23-8-3-4-11-27(23)24)20-39-41-35(40-30-13-6-5-12-28(30)36(41)42)33-19-25-18-26(37)14-15-31(25)45-33/h3-20H,2,21H2,1H3. The van der Waals surface area contributed by atoms with Crippen molar-refractivity contribution >= 4 is 70.7 Å². The summed E-state index contributed by atoms with van der Waals surface area (Å²) in [7, 11) is 0. The molecule has 0 amide bonds. The van der Waals surface area contributed by atoms with E-state index in [1.165, 1.54) is 4.68 Å². The molecule has 45 heavy (non-hydrogen) atoms. The average molecular weight is 723 g/mol. The number of aromatic nitrogens is 2. The van der Waals surface area contributed by atoms with Crippen LogP contribution in [0.15, 0.2) is 126 Å². The largest absolute Gasteiger partial charge is 0.490 e. The maximum atomic E-state index is 13.7. The molecule has 2 heterocycles. The lowest BCUT2D eigenvalue weighted by Gasteiger charge is -2.15. The maximum absolute atomic E-state index is 13.7. The van der Waals surface area contributed by atoms with E-state index in [4.69, 9.17) is 18.9 Å². The fourth-order valence-corrected chi connectivity index (χ4v) is 6.23. The average Bonchev–Trinajstić information content (AvgIpc) is 3.47. The molecule has 0 N–H and O–H groups in total. The van der Waals surface area contributed by atoms with Gasteiger partial charge in [0.15, 0.2) is 17.3 Å². The van der Waals surface area contributed by atoms with Gasteiger partial charge in [0, 0.05) is 9.86 Å². The van der Waals surface area contributed by atoms with Crippen LogP contribution in [0, 0.1) is 0 Å². The second-order valence-corrected chi connectivity index (χ2v) is 12.1. The topological polar surface area (TPSA) is 78.9 Å². The molecule has 5 aromatic carbocycles. The van der Waals surface area contributed by atoms with E-state index in [2.05, 4.69) is 61.2 Å². The van der Waals surface area contributed by atoms with Crippen molar-refractivity contribution in [1.29, 1.82) is 0 Å². The number of fused-ring (bicyclic) bond motifs is 3. The van der Waals surface area contributed by atoms with Crippen molar-refractivity contribution in [2.24, 2.45) is 5.10 Å². The Kier molecular flexibility index (Phi) is 7.95. The highest BCUT2D eigenvalue weighted by Gasteiger charge is 2.18. The van der Waals surface area contributed by atoms with E-state index < -0.39 is 0 Å². The van der Waals surface area contributed by atoms with Crippen molar-refractivity contribution in [1.82, 2.24) is 9.66 Å². The first kappa shape index (κ1) is 29.0. The minimum Gasteiger partial charge on any atom is -0.490 e. The van der Waals surface area contributed by atoms with Gasteiger partial charge in [-0.15, -0.1) is 0 Å². The Labute approximate surface area is 275 Å². The number of benzene rings is 5. The Morgan fingerprint density at radius 3 is 2.53 bits per heavy atom. The number of rotatable bonds is 8. The van der Waals surface area contributed by atoms with Crippen LogP contribution in [-0.4, -0.2) is 22.5 Å². The Balaban J connectivity index is 1.27. The van der Waals surface area contributed by atoms with E-state index in [0.717, 1.165) is 26.2 Å². The molecule has 0 aliphatic carbocycles. The number of furan rings is 1. The van der Waals surface area contributed by atoms with Crippen molar-refractivity contribution in [2.45, 2.75) is 13.5 Å². The lowest BCUT2D eigenvalue weighted by Crippen LogP contribution is -2.20. The van der Waals surface area contributed by atoms with Crippen molar-refractivity contribution in [3.05, 3.63) is 134 Å². The number of halogens is 2. The fourth-order valence-electron chi connectivity index (χ4n) is 5.27. The highest BCUT2D eigenvalue weighted by molar-refractivity contribution is 9.10. The van der Waals surface area contributed by atoms with Gasteiger partial charge >= 0.3 is 0 Å². The summed E-state index contributed by atoms with van der Waals surface area (Å²) in [6, 6.07) is 32.9. The van der Waals surface area contributed by atoms with Crippen LogP contribution in [0.3, 0.4) is 0 Å². The molecule has 7 rings (SSSR count). The molecule has 0 atom stereocenters. The molecule has 0 fully saturated rings. The van der Waals surface area contributed by atoms with Crippen LogP contribution in [0.1, 0.15) is 18.1 Å². The van der Waals surface area contributed by atoms with Gasteiger partial charge < -0.3 is 13.9 Å². The van der Waals surface area contributed by atoms with Gasteiger partial charge in [-0.3, -0.25) is 4.79 Å². The fraction of sp³-hybridized carbons (Fsp3) is 0.0833. The second-order valence-electron chi connectivity index (χ2n) is 10.3. The van der Waals surface area contributed by atoms with E-state index >= 15 is 0 Å². The maximum Gasteiger partial charge on any atom is 0.282 e. The van der Waals surface area contributed by atoms with Crippen molar-refractivity contribution in [3.63, 3.8) is 0 Å². The molecule has 0 aliphatic rings. The van der Waals surface area contributed by atoms with Crippen LogP contribution in [0.4, 0.5) is 0 Å². The summed E-state index contributed by atoms with van der Waals surface area (Å²) in [5.74, 6) is 1.86. The first-order valence-corrected chi connectivity index (χ1v) is 15.9. The Hall–Kier alpha value is -4.73. The second kappa shape index (κ2) is 12.3. The molecule has 7 aromatic rings. The summed E-state index contributed by atoms with van der Waals surface area (Å²) >= 11 is 7.18. The zero-order valence-electron chi connectivity index (χ0n) is 24.0. The SMILES string of the molecule is CCOc1cc(C=Nn2c(-c3cc4cc(Br)ccc4o3)nc3ccccc3c2=O)cc(Br)c1OCc1cccc2ccccc12. The third kappa shape index (κ3) is 5.77. The van der Waals surface area contributed by atoms with E-state index in [-0.39, 0.29) is 5.56 Å². The van der Waals surface area contributed by atoms with Gasteiger partial charge in [-0.2, -0.15) is 9.78 Å². The highest BCUT2D eigenvalue weighted by Crippen LogP contribution is 2.38. The number of hydrogen-bond acceptors (Lipinski definition) is 6. The van der Waals surface area contributed by atoms with E-state index in [9.17, 15) is 4.79 Å². The molecule has 9 heteroatoms. The molecule has 0 radical (unpaired) electrons. The van der Waals surface area contributed by atoms with Crippen molar-refractivity contribution < 1.29 is 13.9 Å². The summed E-state index contributed by atoms with van der Waals surface area (Å²) in [4.78, 5) is 18.5. The van der Waals surface area contributed by atoms with Crippen LogP contribution in [0.25, 0.3) is 44.2 Å². The van der Waals surface area contributed by atoms with Crippen LogP contribution < -0.4 is 15.0 Å². The third-order valence-electron chi connectivity index (χ3n) is 7.36. The van der Waals surface area contributed by atoms with Crippen LogP contribution in [-0.2, 0) is 6.61 Å². The molecule has 222 valence electrons. The number of para-hydroxylation sites is 1. The minimum atomic E-state index is -0.312. The smallest absolute Gasteiger partial charge is 0.282 e. The van der Waals surface area contributed by atoms with Crippen LogP contribution >= 0.6 is 31.9 Å². The van der Waals surface area contributed by atoms with Crippen molar-refractivity contribution in [3.8, 4) is 23.1 Å². The van der Waals surface area contributed by atoms with Gasteiger partial charge in [0.25, 0.3) is 5.56 Å². The molecule has 7 nitrogen and oxygen atoms in total. The summed E-state index contributed by atoms with van der Waals surface area (Å²) in [5, 5.41) is 8.24. The third-order valence-corrected chi connectivity index (χ3v) is 8.44. The Morgan fingerprint density at radius 1 is 0.867 bits per heavy atom. The van der Waals surface area contributed by atoms with Gasteiger partial charge in [-0.1, -0.05) is 70.5 Å². The van der Waals surface area contributed by atoms with Crippen molar-refractivity contribution in [2.75, 3.05) is 6.61 Å². The normalized spacial score (nSPS) is 11.6. The minimum absolute atomic E-state index is 0.293. The van der Waals surface area contributed by atoms with E-state index in [1.807, 2.05) is 67.6 Å². The zero-order valence-corrected chi connectivity index (χ0v) is 27.2. The van der Waals surface area contributed by atoms with Gasteiger partial charge in [0.2, 0.25) is 5.82 Å². The number of ether oxygens (including phenoxy) is 2. The van der Waals surface area contributed by atoms with Gasteiger partial charge in [0.1, 0.15) is 12.2 Å². The summed E-state index contributed by atoms with van der Waals surface area (Å²) in [5.41, 5.74) is 2.69. The Bertz CT molecular complexity index is 2300. The van der Waals surface area contributed by atoms with Gasteiger partial charge in [-0.05, 0) is 93.3 Å². The molecular weight excluding hydrogens is 698 g/mol. The van der Waals surface area contributed by atoms with Crippen LogP contribution in [0.2, 0.25) is 0 Å². The molecule has 0 saturated heterocycles.